The number of carbonyl (C=O) groups is 1. The fourth-order valence-electron chi connectivity index (χ4n) is 1.87. The van der Waals surface area contributed by atoms with Crippen LogP contribution in [0.25, 0.3) is 0 Å². The van der Waals surface area contributed by atoms with Gasteiger partial charge in [0.05, 0.1) is 5.69 Å². The third-order valence-electron chi connectivity index (χ3n) is 2.92. The Balaban J connectivity index is 2.25. The van der Waals surface area contributed by atoms with Crippen molar-refractivity contribution in [1.82, 2.24) is 0 Å². The maximum atomic E-state index is 11.7. The summed E-state index contributed by atoms with van der Waals surface area (Å²) in [5.74, 6) is 1.05. The molecule has 17 heavy (non-hydrogen) atoms. The van der Waals surface area contributed by atoms with Crippen molar-refractivity contribution in [2.45, 2.75) is 32.3 Å². The van der Waals surface area contributed by atoms with E-state index in [1.807, 2.05) is 18.2 Å². The number of nitrogens with two attached hydrogens (primary N) is 1. The molecule has 1 amide bonds. The van der Waals surface area contributed by atoms with E-state index in [2.05, 4.69) is 19.2 Å². The van der Waals surface area contributed by atoms with Crippen molar-refractivity contribution in [2.24, 2.45) is 5.73 Å². The van der Waals surface area contributed by atoms with Gasteiger partial charge in [-0.3, -0.25) is 4.79 Å². The van der Waals surface area contributed by atoms with E-state index in [0.29, 0.717) is 18.9 Å². The van der Waals surface area contributed by atoms with Crippen LogP contribution < -0.4 is 15.8 Å². The summed E-state index contributed by atoms with van der Waals surface area (Å²) in [5, 5.41) is 2.87. The van der Waals surface area contributed by atoms with Crippen molar-refractivity contribution in [1.29, 1.82) is 0 Å². The van der Waals surface area contributed by atoms with Gasteiger partial charge in [-0.05, 0) is 30.2 Å². The molecule has 1 aromatic carbocycles. The van der Waals surface area contributed by atoms with Crippen molar-refractivity contribution >= 4 is 11.6 Å². The lowest BCUT2D eigenvalue weighted by Crippen LogP contribution is -2.38. The van der Waals surface area contributed by atoms with Gasteiger partial charge in [0.15, 0.2) is 6.10 Å². The molecule has 1 aliphatic rings. The average Bonchev–Trinajstić information content (AvgIpc) is 2.29. The number of anilines is 1. The highest BCUT2D eigenvalue weighted by Crippen LogP contribution is 2.32. The predicted octanol–water partition coefficient (Wildman–Crippen LogP) is 1.86. The molecule has 0 fully saturated rings. The summed E-state index contributed by atoms with van der Waals surface area (Å²) in [4.78, 5) is 11.7. The quantitative estimate of drug-likeness (QED) is 0.839. The largest absolute Gasteiger partial charge is 0.478 e. The number of nitrogens with one attached hydrogen (secondary N) is 1. The molecule has 0 bridgehead atoms. The molecule has 1 aliphatic heterocycles. The van der Waals surface area contributed by atoms with Crippen molar-refractivity contribution in [3.05, 3.63) is 23.8 Å². The molecule has 0 aromatic heterocycles. The number of fused-ring (bicyclic) bond motifs is 1. The zero-order valence-electron chi connectivity index (χ0n) is 10.2. The number of ether oxygens (including phenoxy) is 1. The Morgan fingerprint density at radius 3 is 2.88 bits per heavy atom. The minimum atomic E-state index is -0.461. The number of carbonyl (C=O) groups excluding carboxylic acids is 1. The summed E-state index contributed by atoms with van der Waals surface area (Å²) in [5.41, 5.74) is 7.39. The molecule has 1 aromatic rings. The van der Waals surface area contributed by atoms with Gasteiger partial charge in [-0.1, -0.05) is 19.9 Å². The Bertz CT molecular complexity index is 429. The van der Waals surface area contributed by atoms with E-state index in [9.17, 15) is 4.79 Å². The minimum Gasteiger partial charge on any atom is -0.478 e. The van der Waals surface area contributed by atoms with Gasteiger partial charge in [-0.25, -0.2) is 0 Å². The Labute approximate surface area is 101 Å². The summed E-state index contributed by atoms with van der Waals surface area (Å²) in [6.45, 7) is 4.67. The van der Waals surface area contributed by atoms with Gasteiger partial charge < -0.3 is 15.8 Å². The second kappa shape index (κ2) is 4.75. The molecule has 4 heteroatoms. The van der Waals surface area contributed by atoms with E-state index in [4.69, 9.17) is 10.5 Å². The van der Waals surface area contributed by atoms with E-state index in [1.165, 1.54) is 5.56 Å². The van der Waals surface area contributed by atoms with Crippen LogP contribution in [0.15, 0.2) is 18.2 Å². The maximum absolute atomic E-state index is 11.7. The molecule has 2 rings (SSSR count). The zero-order valence-corrected chi connectivity index (χ0v) is 10.2. The van der Waals surface area contributed by atoms with Crippen LogP contribution in [0.5, 0.6) is 5.75 Å². The Morgan fingerprint density at radius 1 is 1.47 bits per heavy atom. The standard InChI is InChI=1S/C13H18N2O2/c1-8(2)9-3-4-11-10(7-9)15-13(16)12(17-11)5-6-14/h3-4,7-8,12H,5-6,14H2,1-2H3,(H,15,16). The lowest BCUT2D eigenvalue weighted by atomic mass is 10.0. The molecule has 0 radical (unpaired) electrons. The fraction of sp³-hybridized carbons (Fsp3) is 0.462. The van der Waals surface area contributed by atoms with Crippen molar-refractivity contribution in [3.63, 3.8) is 0 Å². The highest BCUT2D eigenvalue weighted by Gasteiger charge is 2.26. The minimum absolute atomic E-state index is 0.108. The molecule has 1 heterocycles. The first-order chi connectivity index (χ1) is 8.11. The molecule has 1 atom stereocenters. The lowest BCUT2D eigenvalue weighted by Gasteiger charge is -2.26. The molecule has 92 valence electrons. The number of rotatable bonds is 3. The predicted molar refractivity (Wildman–Crippen MR) is 67.2 cm³/mol. The third-order valence-corrected chi connectivity index (χ3v) is 2.92. The van der Waals surface area contributed by atoms with Crippen LogP contribution in [0.3, 0.4) is 0 Å². The third kappa shape index (κ3) is 2.42. The van der Waals surface area contributed by atoms with Crippen LogP contribution in [0.2, 0.25) is 0 Å². The van der Waals surface area contributed by atoms with E-state index in [1.54, 1.807) is 0 Å². The fourth-order valence-corrected chi connectivity index (χ4v) is 1.87. The zero-order chi connectivity index (χ0) is 12.4. The van der Waals surface area contributed by atoms with E-state index >= 15 is 0 Å². The van der Waals surface area contributed by atoms with Crippen LogP contribution in [0, 0.1) is 0 Å². The second-order valence-corrected chi connectivity index (χ2v) is 4.58. The van der Waals surface area contributed by atoms with Crippen molar-refractivity contribution in [2.75, 3.05) is 11.9 Å². The van der Waals surface area contributed by atoms with Crippen LogP contribution >= 0.6 is 0 Å². The second-order valence-electron chi connectivity index (χ2n) is 4.58. The lowest BCUT2D eigenvalue weighted by molar-refractivity contribution is -0.123. The van der Waals surface area contributed by atoms with Gasteiger partial charge in [0.25, 0.3) is 5.91 Å². The van der Waals surface area contributed by atoms with Crippen molar-refractivity contribution in [3.8, 4) is 5.75 Å². The number of hydrogen-bond acceptors (Lipinski definition) is 3. The number of amides is 1. The first-order valence-electron chi connectivity index (χ1n) is 5.93. The molecule has 0 spiro atoms. The molecular weight excluding hydrogens is 216 g/mol. The number of benzene rings is 1. The summed E-state index contributed by atoms with van der Waals surface area (Å²) in [6.07, 6.45) is 0.0782. The van der Waals surface area contributed by atoms with E-state index in [-0.39, 0.29) is 5.91 Å². The highest BCUT2D eigenvalue weighted by molar-refractivity contribution is 5.97. The van der Waals surface area contributed by atoms with Gasteiger partial charge in [0.1, 0.15) is 5.75 Å². The smallest absolute Gasteiger partial charge is 0.265 e. The summed E-state index contributed by atoms with van der Waals surface area (Å²) in [6, 6.07) is 5.91. The van der Waals surface area contributed by atoms with Gasteiger partial charge in [0.2, 0.25) is 0 Å². The van der Waals surface area contributed by atoms with Gasteiger partial charge in [0, 0.05) is 6.42 Å². The Morgan fingerprint density at radius 2 is 2.24 bits per heavy atom. The molecule has 4 nitrogen and oxygen atoms in total. The summed E-state index contributed by atoms with van der Waals surface area (Å²) >= 11 is 0. The monoisotopic (exact) mass is 234 g/mol. The van der Waals surface area contributed by atoms with Gasteiger partial charge in [-0.15, -0.1) is 0 Å². The molecule has 1 unspecified atom stereocenters. The molecule has 0 saturated carbocycles. The normalized spacial score (nSPS) is 18.6. The van der Waals surface area contributed by atoms with Crippen molar-refractivity contribution < 1.29 is 9.53 Å². The molecule has 0 saturated heterocycles. The van der Waals surface area contributed by atoms with Crippen LogP contribution in [0.1, 0.15) is 31.7 Å². The Hall–Kier alpha value is -1.55. The summed E-state index contributed by atoms with van der Waals surface area (Å²) < 4.78 is 5.63. The van der Waals surface area contributed by atoms with Gasteiger partial charge in [-0.2, -0.15) is 0 Å². The van der Waals surface area contributed by atoms with E-state index < -0.39 is 6.10 Å². The average molecular weight is 234 g/mol. The number of hydrogen-bond donors (Lipinski definition) is 2. The molecular formula is C13H18N2O2. The van der Waals surface area contributed by atoms with Crippen LogP contribution in [0.4, 0.5) is 5.69 Å². The topological polar surface area (TPSA) is 64.4 Å². The van der Waals surface area contributed by atoms with Crippen LogP contribution in [-0.4, -0.2) is 18.6 Å². The molecule has 3 N–H and O–H groups in total. The molecule has 0 aliphatic carbocycles. The SMILES string of the molecule is CC(C)c1ccc2c(c1)NC(=O)C(CCN)O2. The van der Waals surface area contributed by atoms with Crippen LogP contribution in [-0.2, 0) is 4.79 Å². The van der Waals surface area contributed by atoms with E-state index in [0.717, 1.165) is 11.4 Å². The highest BCUT2D eigenvalue weighted by atomic mass is 16.5. The maximum Gasteiger partial charge on any atom is 0.265 e. The first kappa shape index (κ1) is 11.9. The van der Waals surface area contributed by atoms with Gasteiger partial charge >= 0.3 is 0 Å². The summed E-state index contributed by atoms with van der Waals surface area (Å²) in [7, 11) is 0. The first-order valence-corrected chi connectivity index (χ1v) is 5.93. The Kier molecular flexibility index (Phi) is 3.33.